The van der Waals surface area contributed by atoms with Crippen LogP contribution in [0.25, 0.3) is 0 Å². The number of hydrogen-bond acceptors (Lipinski definition) is 2. The van der Waals surface area contributed by atoms with E-state index in [0.29, 0.717) is 13.1 Å². The molecule has 3 nitrogen and oxygen atoms in total. The summed E-state index contributed by atoms with van der Waals surface area (Å²) >= 11 is 3.05. The van der Waals surface area contributed by atoms with Crippen molar-refractivity contribution in [1.82, 2.24) is 9.80 Å². The molecule has 7 heteroatoms. The summed E-state index contributed by atoms with van der Waals surface area (Å²) < 4.78 is 39.1. The van der Waals surface area contributed by atoms with Crippen LogP contribution in [-0.2, 0) is 6.18 Å². The van der Waals surface area contributed by atoms with Gasteiger partial charge >= 0.3 is 6.18 Å². The first kappa shape index (κ1) is 15.3. The summed E-state index contributed by atoms with van der Waals surface area (Å²) in [6, 6.07) is 3.87. The van der Waals surface area contributed by atoms with E-state index in [1.165, 1.54) is 17.0 Å². The Hall–Kier alpha value is -1.08. The smallest absolute Gasteiger partial charge is 0.335 e. The van der Waals surface area contributed by atoms with Crippen molar-refractivity contribution in [2.45, 2.75) is 12.2 Å². The van der Waals surface area contributed by atoms with Gasteiger partial charge in [0.15, 0.2) is 0 Å². The van der Waals surface area contributed by atoms with E-state index in [1.54, 1.807) is 0 Å². The van der Waals surface area contributed by atoms with Crippen LogP contribution in [0.15, 0.2) is 22.7 Å². The van der Waals surface area contributed by atoms with E-state index < -0.39 is 17.6 Å². The van der Waals surface area contributed by atoms with E-state index in [1.807, 2.05) is 19.0 Å². The average Bonchev–Trinajstić information content (AvgIpc) is 2.24. The highest BCUT2D eigenvalue weighted by Crippen LogP contribution is 2.36. The fourth-order valence-electron chi connectivity index (χ4n) is 2.08. The fraction of sp³-hybridized carbons (Fsp3) is 0.462. The third-order valence-electron chi connectivity index (χ3n) is 3.41. The fourth-order valence-corrected chi connectivity index (χ4v) is 2.62. The molecule has 1 aliphatic rings. The molecule has 20 heavy (non-hydrogen) atoms. The lowest BCUT2D eigenvalue weighted by atomic mass is 10.0. The van der Waals surface area contributed by atoms with Crippen LogP contribution < -0.4 is 0 Å². The summed E-state index contributed by atoms with van der Waals surface area (Å²) in [4.78, 5) is 15.6. The number of rotatable bonds is 2. The number of halogens is 4. The van der Waals surface area contributed by atoms with Gasteiger partial charge in [0.2, 0.25) is 0 Å². The third kappa shape index (κ3) is 2.83. The van der Waals surface area contributed by atoms with Gasteiger partial charge in [-0.05, 0) is 42.2 Å². The molecular formula is C13H14BrF3N2O. The van der Waals surface area contributed by atoms with E-state index in [9.17, 15) is 18.0 Å². The standard InChI is InChI=1S/C13H14BrF3N2O/c1-18(2)8-6-19(7-8)12(20)11-9(13(15,16)17)4-3-5-10(11)14/h3-5,8H,6-7H2,1-2H3. The van der Waals surface area contributed by atoms with Crippen molar-refractivity contribution in [2.24, 2.45) is 0 Å². The van der Waals surface area contributed by atoms with Crippen molar-refractivity contribution in [2.75, 3.05) is 27.2 Å². The van der Waals surface area contributed by atoms with Gasteiger partial charge in [0.25, 0.3) is 5.91 Å². The van der Waals surface area contributed by atoms with Crippen LogP contribution in [0.1, 0.15) is 15.9 Å². The average molecular weight is 351 g/mol. The molecule has 110 valence electrons. The number of benzene rings is 1. The minimum atomic E-state index is -4.54. The number of amides is 1. The van der Waals surface area contributed by atoms with Crippen molar-refractivity contribution < 1.29 is 18.0 Å². The Bertz CT molecular complexity index is 525. The van der Waals surface area contributed by atoms with Crippen LogP contribution in [0.5, 0.6) is 0 Å². The lowest BCUT2D eigenvalue weighted by Crippen LogP contribution is -2.59. The van der Waals surface area contributed by atoms with Crippen LogP contribution in [0.2, 0.25) is 0 Å². The first-order valence-corrected chi connectivity index (χ1v) is 6.82. The minimum absolute atomic E-state index is 0.172. The van der Waals surface area contributed by atoms with Crippen LogP contribution >= 0.6 is 15.9 Å². The number of likely N-dealkylation sites (N-methyl/N-ethyl adjacent to an activating group) is 1. The molecule has 1 fully saturated rings. The van der Waals surface area contributed by atoms with E-state index in [-0.39, 0.29) is 16.1 Å². The summed E-state index contributed by atoms with van der Waals surface area (Å²) in [5.41, 5.74) is -1.21. The molecule has 0 N–H and O–H groups in total. The third-order valence-corrected chi connectivity index (χ3v) is 4.07. The molecule has 1 heterocycles. The molecule has 0 spiro atoms. The minimum Gasteiger partial charge on any atom is -0.335 e. The molecule has 1 aromatic carbocycles. The van der Waals surface area contributed by atoms with Gasteiger partial charge in [-0.1, -0.05) is 6.07 Å². The maximum Gasteiger partial charge on any atom is 0.417 e. The molecule has 1 aliphatic heterocycles. The molecule has 1 amide bonds. The molecule has 0 aliphatic carbocycles. The van der Waals surface area contributed by atoms with Crippen LogP contribution in [0.3, 0.4) is 0 Å². The topological polar surface area (TPSA) is 23.6 Å². The molecule has 0 unspecified atom stereocenters. The summed E-state index contributed by atoms with van der Waals surface area (Å²) in [5.74, 6) is -0.581. The summed E-state index contributed by atoms with van der Waals surface area (Å²) in [6.45, 7) is 0.898. The van der Waals surface area contributed by atoms with Gasteiger partial charge in [-0.25, -0.2) is 0 Å². The summed E-state index contributed by atoms with van der Waals surface area (Å²) in [7, 11) is 3.76. The van der Waals surface area contributed by atoms with E-state index in [2.05, 4.69) is 15.9 Å². The Kier molecular flexibility index (Phi) is 4.11. The van der Waals surface area contributed by atoms with Gasteiger partial charge in [0.05, 0.1) is 11.1 Å². The van der Waals surface area contributed by atoms with Crippen LogP contribution in [0, 0.1) is 0 Å². The Labute approximate surface area is 123 Å². The molecule has 0 radical (unpaired) electrons. The number of carbonyl (C=O) groups is 1. The lowest BCUT2D eigenvalue weighted by molar-refractivity contribution is -0.138. The Balaban J connectivity index is 2.27. The molecule has 0 atom stereocenters. The van der Waals surface area contributed by atoms with Gasteiger partial charge in [-0.3, -0.25) is 4.79 Å². The van der Waals surface area contributed by atoms with Crippen molar-refractivity contribution >= 4 is 21.8 Å². The molecule has 0 saturated carbocycles. The zero-order chi connectivity index (χ0) is 15.1. The first-order valence-electron chi connectivity index (χ1n) is 6.03. The maximum atomic E-state index is 13.0. The molecule has 2 rings (SSSR count). The second kappa shape index (κ2) is 5.37. The van der Waals surface area contributed by atoms with Crippen molar-refractivity contribution in [3.05, 3.63) is 33.8 Å². The van der Waals surface area contributed by atoms with Crippen LogP contribution in [0.4, 0.5) is 13.2 Å². The highest BCUT2D eigenvalue weighted by Gasteiger charge is 2.40. The second-order valence-electron chi connectivity index (χ2n) is 4.99. The maximum absolute atomic E-state index is 13.0. The highest BCUT2D eigenvalue weighted by atomic mass is 79.9. The van der Waals surface area contributed by atoms with Gasteiger partial charge < -0.3 is 9.80 Å². The quantitative estimate of drug-likeness (QED) is 0.818. The first-order chi connectivity index (χ1) is 9.21. The zero-order valence-corrected chi connectivity index (χ0v) is 12.6. The Morgan fingerprint density at radius 3 is 2.45 bits per heavy atom. The van der Waals surface area contributed by atoms with Gasteiger partial charge in [0, 0.05) is 23.6 Å². The Morgan fingerprint density at radius 2 is 1.95 bits per heavy atom. The SMILES string of the molecule is CN(C)C1CN(C(=O)c2c(Br)cccc2C(F)(F)F)C1. The van der Waals surface area contributed by atoms with Crippen molar-refractivity contribution in [1.29, 1.82) is 0 Å². The monoisotopic (exact) mass is 350 g/mol. The lowest BCUT2D eigenvalue weighted by Gasteiger charge is -2.43. The number of likely N-dealkylation sites (tertiary alicyclic amines) is 1. The van der Waals surface area contributed by atoms with Gasteiger partial charge in [0.1, 0.15) is 0 Å². The molecule has 1 aromatic rings. The van der Waals surface area contributed by atoms with Crippen LogP contribution in [-0.4, -0.2) is 48.9 Å². The molecule has 1 saturated heterocycles. The predicted octanol–water partition coefficient (Wildman–Crippen LogP) is 2.85. The van der Waals surface area contributed by atoms with Crippen molar-refractivity contribution in [3.8, 4) is 0 Å². The summed E-state index contributed by atoms with van der Waals surface area (Å²) in [5, 5.41) is 0. The van der Waals surface area contributed by atoms with Gasteiger partial charge in [-0.15, -0.1) is 0 Å². The molecular weight excluding hydrogens is 337 g/mol. The highest BCUT2D eigenvalue weighted by molar-refractivity contribution is 9.10. The summed E-state index contributed by atoms with van der Waals surface area (Å²) in [6.07, 6.45) is -4.54. The molecule has 0 bridgehead atoms. The van der Waals surface area contributed by atoms with E-state index >= 15 is 0 Å². The number of hydrogen-bond donors (Lipinski definition) is 0. The second-order valence-corrected chi connectivity index (χ2v) is 5.84. The van der Waals surface area contributed by atoms with E-state index in [0.717, 1.165) is 6.07 Å². The largest absolute Gasteiger partial charge is 0.417 e. The van der Waals surface area contributed by atoms with Gasteiger partial charge in [-0.2, -0.15) is 13.2 Å². The number of nitrogens with zero attached hydrogens (tertiary/aromatic N) is 2. The molecule has 0 aromatic heterocycles. The predicted molar refractivity (Wildman–Crippen MR) is 72.5 cm³/mol. The number of carbonyl (C=O) groups excluding carboxylic acids is 1. The normalized spacial score (nSPS) is 16.4. The van der Waals surface area contributed by atoms with Crippen molar-refractivity contribution in [3.63, 3.8) is 0 Å². The number of alkyl halides is 3. The Morgan fingerprint density at radius 1 is 1.35 bits per heavy atom. The van der Waals surface area contributed by atoms with E-state index in [4.69, 9.17) is 0 Å². The zero-order valence-electron chi connectivity index (χ0n) is 11.0.